The largest absolute Gasteiger partial charge is 0.497 e. The van der Waals surface area contributed by atoms with Gasteiger partial charge in [-0.05, 0) is 50.5 Å². The molecule has 0 heterocycles. The second-order valence-electron chi connectivity index (χ2n) is 5.87. The summed E-state index contributed by atoms with van der Waals surface area (Å²) in [5.74, 6) is 0.394. The van der Waals surface area contributed by atoms with Crippen molar-refractivity contribution in [2.45, 2.75) is 46.3 Å². The Bertz CT molecular complexity index is 507. The Hall–Kier alpha value is -1.88. The summed E-state index contributed by atoms with van der Waals surface area (Å²) >= 11 is 0. The first kappa shape index (κ1) is 19.2. The molecule has 0 aliphatic rings. The predicted molar refractivity (Wildman–Crippen MR) is 87.7 cm³/mol. The van der Waals surface area contributed by atoms with Crippen molar-refractivity contribution in [3.63, 3.8) is 0 Å². The summed E-state index contributed by atoms with van der Waals surface area (Å²) in [4.78, 5) is 24.2. The molecule has 1 aromatic rings. The van der Waals surface area contributed by atoms with Gasteiger partial charge in [0.15, 0.2) is 12.2 Å². The molecule has 0 spiro atoms. The van der Waals surface area contributed by atoms with Gasteiger partial charge in [0, 0.05) is 12.2 Å². The minimum Gasteiger partial charge on any atom is -0.497 e. The molecule has 0 aliphatic heterocycles. The van der Waals surface area contributed by atoms with Crippen molar-refractivity contribution in [1.29, 1.82) is 0 Å². The molecule has 5 nitrogen and oxygen atoms in total. The highest BCUT2D eigenvalue weighted by molar-refractivity contribution is 6.00. The number of hydrogen-bond donors (Lipinski definition) is 0. The molecule has 1 aromatic carbocycles. The summed E-state index contributed by atoms with van der Waals surface area (Å²) in [5, 5.41) is 0. The van der Waals surface area contributed by atoms with Crippen LogP contribution < -0.4 is 4.74 Å². The fourth-order valence-corrected chi connectivity index (χ4v) is 1.86. The van der Waals surface area contributed by atoms with Crippen LogP contribution in [-0.2, 0) is 14.3 Å². The number of carbonyl (C=O) groups excluding carboxylic acids is 2. The average molecular weight is 322 g/mol. The molecule has 1 rings (SSSR count). The fraction of sp³-hybridized carbons (Fsp3) is 0.556. The third kappa shape index (κ3) is 6.40. The highest BCUT2D eigenvalue weighted by atomic mass is 16.6. The molecule has 5 heteroatoms. The molecule has 0 radical (unpaired) electrons. The maximum Gasteiger partial charge on any atom is 0.335 e. The van der Waals surface area contributed by atoms with Crippen LogP contribution in [0.15, 0.2) is 24.3 Å². The Morgan fingerprint density at radius 3 is 2.13 bits per heavy atom. The van der Waals surface area contributed by atoms with E-state index in [9.17, 15) is 9.59 Å². The molecule has 0 amide bonds. The Kier molecular flexibility index (Phi) is 7.75. The van der Waals surface area contributed by atoms with Crippen molar-refractivity contribution >= 4 is 11.8 Å². The van der Waals surface area contributed by atoms with E-state index in [2.05, 4.69) is 13.8 Å². The zero-order valence-corrected chi connectivity index (χ0v) is 14.5. The van der Waals surface area contributed by atoms with E-state index in [4.69, 9.17) is 14.2 Å². The van der Waals surface area contributed by atoms with Crippen molar-refractivity contribution in [2.75, 3.05) is 13.7 Å². The van der Waals surface area contributed by atoms with Gasteiger partial charge in [0.2, 0.25) is 5.78 Å². The number of rotatable bonds is 9. The van der Waals surface area contributed by atoms with Gasteiger partial charge in [-0.1, -0.05) is 13.8 Å². The van der Waals surface area contributed by atoms with E-state index < -0.39 is 18.2 Å². The molecule has 23 heavy (non-hydrogen) atoms. The van der Waals surface area contributed by atoms with Crippen molar-refractivity contribution < 1.29 is 23.8 Å². The van der Waals surface area contributed by atoms with Gasteiger partial charge >= 0.3 is 5.97 Å². The van der Waals surface area contributed by atoms with Crippen LogP contribution in [0, 0.1) is 5.92 Å². The standard InChI is InChI=1S/C18H26O5/c1-12(2)10-11-22-14(4)18(20)23-13(3)17(19)15-6-8-16(21-5)9-7-15/h6-9,12-14H,10-11H2,1-5H3. The van der Waals surface area contributed by atoms with Crippen LogP contribution in [0.25, 0.3) is 0 Å². The van der Waals surface area contributed by atoms with Gasteiger partial charge in [-0.2, -0.15) is 0 Å². The van der Waals surface area contributed by atoms with Crippen LogP contribution >= 0.6 is 0 Å². The number of Topliss-reactive ketones (excluding diaryl/α,β-unsaturated/α-hetero) is 1. The van der Waals surface area contributed by atoms with Crippen molar-refractivity contribution in [1.82, 2.24) is 0 Å². The van der Waals surface area contributed by atoms with Crippen molar-refractivity contribution in [3.8, 4) is 5.75 Å². The monoisotopic (exact) mass is 322 g/mol. The Labute approximate surface area is 137 Å². The molecular formula is C18H26O5. The lowest BCUT2D eigenvalue weighted by atomic mass is 10.1. The van der Waals surface area contributed by atoms with Gasteiger partial charge in [-0.25, -0.2) is 4.79 Å². The molecule has 0 bridgehead atoms. The lowest BCUT2D eigenvalue weighted by Gasteiger charge is -2.17. The smallest absolute Gasteiger partial charge is 0.335 e. The summed E-state index contributed by atoms with van der Waals surface area (Å²) in [7, 11) is 1.56. The SMILES string of the molecule is COc1ccc(C(=O)C(C)OC(=O)C(C)OCCC(C)C)cc1. The van der Waals surface area contributed by atoms with E-state index in [0.717, 1.165) is 6.42 Å². The summed E-state index contributed by atoms with van der Waals surface area (Å²) in [6.45, 7) is 7.86. The molecule has 0 fully saturated rings. The fourth-order valence-electron chi connectivity index (χ4n) is 1.86. The minimum atomic E-state index is -0.855. The van der Waals surface area contributed by atoms with E-state index in [-0.39, 0.29) is 5.78 Å². The number of methoxy groups -OCH3 is 1. The average Bonchev–Trinajstić information content (AvgIpc) is 2.53. The van der Waals surface area contributed by atoms with Crippen LogP contribution in [0.2, 0.25) is 0 Å². The van der Waals surface area contributed by atoms with E-state index in [1.54, 1.807) is 45.2 Å². The van der Waals surface area contributed by atoms with Gasteiger partial charge in [0.05, 0.1) is 7.11 Å². The number of ketones is 1. The third-order valence-electron chi connectivity index (χ3n) is 3.43. The lowest BCUT2D eigenvalue weighted by molar-refractivity contribution is -0.158. The summed E-state index contributed by atoms with van der Waals surface area (Å²) < 4.78 is 15.7. The molecule has 0 aromatic heterocycles. The summed E-state index contributed by atoms with van der Waals surface area (Å²) in [6.07, 6.45) is -0.662. The first-order valence-electron chi connectivity index (χ1n) is 7.85. The molecular weight excluding hydrogens is 296 g/mol. The molecule has 0 saturated heterocycles. The number of hydrogen-bond acceptors (Lipinski definition) is 5. The second kappa shape index (κ2) is 9.30. The minimum absolute atomic E-state index is 0.254. The van der Waals surface area contributed by atoms with Gasteiger partial charge in [0.1, 0.15) is 5.75 Å². The molecule has 0 saturated carbocycles. The molecule has 0 N–H and O–H groups in total. The van der Waals surface area contributed by atoms with E-state index in [0.29, 0.717) is 23.8 Å². The number of esters is 1. The van der Waals surface area contributed by atoms with Crippen LogP contribution in [0.4, 0.5) is 0 Å². The van der Waals surface area contributed by atoms with Gasteiger partial charge in [-0.3, -0.25) is 4.79 Å². The quantitative estimate of drug-likeness (QED) is 0.516. The Morgan fingerprint density at radius 2 is 1.61 bits per heavy atom. The zero-order chi connectivity index (χ0) is 17.4. The highest BCUT2D eigenvalue weighted by Crippen LogP contribution is 2.14. The Morgan fingerprint density at radius 1 is 1.00 bits per heavy atom. The maximum atomic E-state index is 12.2. The lowest BCUT2D eigenvalue weighted by Crippen LogP contribution is -2.31. The number of ether oxygens (including phenoxy) is 3. The van der Waals surface area contributed by atoms with Crippen LogP contribution in [0.5, 0.6) is 5.75 Å². The van der Waals surface area contributed by atoms with E-state index in [1.165, 1.54) is 0 Å². The Balaban J connectivity index is 2.51. The van der Waals surface area contributed by atoms with Crippen LogP contribution in [-0.4, -0.2) is 37.7 Å². The highest BCUT2D eigenvalue weighted by Gasteiger charge is 2.23. The van der Waals surface area contributed by atoms with Gasteiger partial charge in [0.25, 0.3) is 0 Å². The first-order valence-corrected chi connectivity index (χ1v) is 7.85. The van der Waals surface area contributed by atoms with Crippen LogP contribution in [0.3, 0.4) is 0 Å². The van der Waals surface area contributed by atoms with Crippen molar-refractivity contribution in [2.24, 2.45) is 5.92 Å². The van der Waals surface area contributed by atoms with E-state index in [1.807, 2.05) is 0 Å². The topological polar surface area (TPSA) is 61.8 Å². The maximum absolute atomic E-state index is 12.2. The molecule has 0 aliphatic carbocycles. The predicted octanol–water partition coefficient (Wildman–Crippen LogP) is 3.26. The normalized spacial score (nSPS) is 13.5. The third-order valence-corrected chi connectivity index (χ3v) is 3.43. The van der Waals surface area contributed by atoms with Crippen molar-refractivity contribution in [3.05, 3.63) is 29.8 Å². The zero-order valence-electron chi connectivity index (χ0n) is 14.5. The van der Waals surface area contributed by atoms with Gasteiger partial charge < -0.3 is 14.2 Å². The summed E-state index contributed by atoms with van der Waals surface area (Å²) in [5.41, 5.74) is 0.472. The van der Waals surface area contributed by atoms with Crippen LogP contribution in [0.1, 0.15) is 44.5 Å². The summed E-state index contributed by atoms with van der Waals surface area (Å²) in [6, 6.07) is 6.68. The first-order chi connectivity index (χ1) is 10.8. The number of benzene rings is 1. The molecule has 2 atom stereocenters. The molecule has 128 valence electrons. The van der Waals surface area contributed by atoms with E-state index >= 15 is 0 Å². The second-order valence-corrected chi connectivity index (χ2v) is 5.87. The van der Waals surface area contributed by atoms with Gasteiger partial charge in [-0.15, -0.1) is 0 Å². The molecule has 2 unspecified atom stereocenters. The number of carbonyl (C=O) groups is 2.